The minimum atomic E-state index is -0.660. The second-order valence-electron chi connectivity index (χ2n) is 8.55. The number of nitrogens with one attached hydrogen (secondary N) is 2. The van der Waals surface area contributed by atoms with Gasteiger partial charge in [-0.15, -0.1) is 11.8 Å². The molecule has 8 nitrogen and oxygen atoms in total. The van der Waals surface area contributed by atoms with Crippen LogP contribution in [0.3, 0.4) is 0 Å². The van der Waals surface area contributed by atoms with Crippen molar-refractivity contribution in [2.75, 3.05) is 37.3 Å². The highest BCUT2D eigenvalue weighted by atomic mass is 32.2. The SMILES string of the molecule is Cc1cc(C)c(NC(=O)CNC(=O)COC(=O)c2ccccc2SCC(=O)N2CCCC2)c(C)c1. The third kappa shape index (κ3) is 7.58. The molecule has 1 saturated heterocycles. The van der Waals surface area contributed by atoms with Gasteiger partial charge < -0.3 is 20.3 Å². The van der Waals surface area contributed by atoms with E-state index in [1.54, 1.807) is 24.3 Å². The molecule has 0 bridgehead atoms. The summed E-state index contributed by atoms with van der Waals surface area (Å²) in [5, 5.41) is 5.27. The van der Waals surface area contributed by atoms with Crippen LogP contribution < -0.4 is 10.6 Å². The Kier molecular flexibility index (Phi) is 9.31. The van der Waals surface area contributed by atoms with Crippen molar-refractivity contribution in [2.24, 2.45) is 0 Å². The number of likely N-dealkylation sites (tertiary alicyclic amines) is 1. The molecule has 9 heteroatoms. The molecule has 0 aromatic heterocycles. The van der Waals surface area contributed by atoms with Crippen LogP contribution in [0.2, 0.25) is 0 Å². The number of rotatable bonds is 9. The smallest absolute Gasteiger partial charge is 0.339 e. The molecule has 0 saturated carbocycles. The maximum atomic E-state index is 12.6. The first kappa shape index (κ1) is 26.3. The average Bonchev–Trinajstić information content (AvgIpc) is 3.37. The lowest BCUT2D eigenvalue weighted by Crippen LogP contribution is -2.35. The van der Waals surface area contributed by atoms with Crippen molar-refractivity contribution in [2.45, 2.75) is 38.5 Å². The van der Waals surface area contributed by atoms with Gasteiger partial charge in [-0.2, -0.15) is 0 Å². The molecule has 2 aromatic rings. The molecule has 0 aliphatic carbocycles. The topological polar surface area (TPSA) is 105 Å². The number of esters is 1. The van der Waals surface area contributed by atoms with Crippen LogP contribution in [0.15, 0.2) is 41.3 Å². The molecular formula is C26H31N3O5S. The molecule has 0 unspecified atom stereocenters. The summed E-state index contributed by atoms with van der Waals surface area (Å²) in [5.74, 6) is -1.33. The zero-order chi connectivity index (χ0) is 25.4. The van der Waals surface area contributed by atoms with E-state index in [0.717, 1.165) is 48.3 Å². The van der Waals surface area contributed by atoms with Gasteiger partial charge in [-0.3, -0.25) is 14.4 Å². The summed E-state index contributed by atoms with van der Waals surface area (Å²) in [6, 6.07) is 10.8. The maximum absolute atomic E-state index is 12.6. The van der Waals surface area contributed by atoms with E-state index in [1.807, 2.05) is 37.8 Å². The van der Waals surface area contributed by atoms with E-state index in [9.17, 15) is 19.2 Å². The number of thioether (sulfide) groups is 1. The first-order valence-corrected chi connectivity index (χ1v) is 12.5. The van der Waals surface area contributed by atoms with Crippen LogP contribution in [-0.4, -0.2) is 60.6 Å². The number of nitrogens with zero attached hydrogens (tertiary/aromatic N) is 1. The van der Waals surface area contributed by atoms with Crippen LogP contribution >= 0.6 is 11.8 Å². The van der Waals surface area contributed by atoms with Crippen LogP contribution in [0, 0.1) is 20.8 Å². The van der Waals surface area contributed by atoms with E-state index < -0.39 is 18.5 Å². The predicted octanol–water partition coefficient (Wildman–Crippen LogP) is 3.24. The molecule has 1 fully saturated rings. The van der Waals surface area contributed by atoms with E-state index >= 15 is 0 Å². The van der Waals surface area contributed by atoms with Crippen molar-refractivity contribution in [1.82, 2.24) is 10.2 Å². The Morgan fingerprint density at radius 2 is 1.63 bits per heavy atom. The Hall–Kier alpha value is -3.33. The van der Waals surface area contributed by atoms with Gasteiger partial charge in [0.1, 0.15) is 0 Å². The normalized spacial score (nSPS) is 12.8. The first-order valence-electron chi connectivity index (χ1n) is 11.6. The molecule has 1 heterocycles. The van der Waals surface area contributed by atoms with E-state index in [2.05, 4.69) is 10.6 Å². The number of amides is 3. The van der Waals surface area contributed by atoms with Crippen molar-refractivity contribution in [3.8, 4) is 0 Å². The fourth-order valence-corrected chi connectivity index (χ4v) is 4.90. The lowest BCUT2D eigenvalue weighted by molar-refractivity contribution is -0.127. The molecule has 0 spiro atoms. The Morgan fingerprint density at radius 3 is 2.31 bits per heavy atom. The first-order chi connectivity index (χ1) is 16.7. The van der Waals surface area contributed by atoms with E-state index in [-0.39, 0.29) is 24.1 Å². The molecule has 1 aliphatic heterocycles. The van der Waals surface area contributed by atoms with E-state index in [0.29, 0.717) is 10.5 Å². The second-order valence-corrected chi connectivity index (χ2v) is 9.56. The van der Waals surface area contributed by atoms with Crippen LogP contribution in [0.25, 0.3) is 0 Å². The van der Waals surface area contributed by atoms with Gasteiger partial charge in [0.25, 0.3) is 5.91 Å². The van der Waals surface area contributed by atoms with Crippen molar-refractivity contribution < 1.29 is 23.9 Å². The number of carbonyl (C=O) groups excluding carboxylic acids is 4. The zero-order valence-corrected chi connectivity index (χ0v) is 21.1. The van der Waals surface area contributed by atoms with Crippen molar-refractivity contribution in [3.05, 3.63) is 58.7 Å². The summed E-state index contributed by atoms with van der Waals surface area (Å²) in [5.41, 5.74) is 4.00. The summed E-state index contributed by atoms with van der Waals surface area (Å²) < 4.78 is 5.15. The molecule has 35 heavy (non-hydrogen) atoms. The van der Waals surface area contributed by atoms with Crippen LogP contribution in [0.5, 0.6) is 0 Å². The second kappa shape index (κ2) is 12.4. The standard InChI is InChI=1S/C26H31N3O5S/c1-17-12-18(2)25(19(3)13-17)28-22(30)14-27-23(31)15-34-26(33)20-8-4-5-9-21(20)35-16-24(32)29-10-6-7-11-29/h4-5,8-9,12-13H,6-7,10-11,14-16H2,1-3H3,(H,27,31)(H,28,30). The number of ether oxygens (including phenoxy) is 1. The van der Waals surface area contributed by atoms with E-state index in [1.165, 1.54) is 11.8 Å². The molecule has 2 aromatic carbocycles. The highest BCUT2D eigenvalue weighted by Gasteiger charge is 2.20. The van der Waals surface area contributed by atoms with Crippen LogP contribution in [0.4, 0.5) is 5.69 Å². The van der Waals surface area contributed by atoms with Gasteiger partial charge in [0.15, 0.2) is 6.61 Å². The summed E-state index contributed by atoms with van der Waals surface area (Å²) >= 11 is 1.28. The number of benzene rings is 2. The zero-order valence-electron chi connectivity index (χ0n) is 20.3. The highest BCUT2D eigenvalue weighted by Crippen LogP contribution is 2.24. The summed E-state index contributed by atoms with van der Waals surface area (Å²) in [6.07, 6.45) is 2.04. The van der Waals surface area contributed by atoms with Crippen molar-refractivity contribution in [1.29, 1.82) is 0 Å². The van der Waals surface area contributed by atoms with Gasteiger partial charge in [0.2, 0.25) is 11.8 Å². The Balaban J connectivity index is 1.46. The molecule has 0 radical (unpaired) electrons. The largest absolute Gasteiger partial charge is 0.452 e. The Bertz CT molecular complexity index is 1090. The average molecular weight is 498 g/mol. The molecule has 2 N–H and O–H groups in total. The van der Waals surface area contributed by atoms with Gasteiger partial charge in [-0.25, -0.2) is 4.79 Å². The lowest BCUT2D eigenvalue weighted by atomic mass is 10.1. The number of aryl methyl sites for hydroxylation is 3. The monoisotopic (exact) mass is 497 g/mol. The summed E-state index contributed by atoms with van der Waals surface area (Å²) in [4.78, 5) is 51.7. The van der Waals surface area contributed by atoms with Gasteiger partial charge in [0.05, 0.1) is 17.9 Å². The number of anilines is 1. The van der Waals surface area contributed by atoms with Gasteiger partial charge in [0, 0.05) is 23.7 Å². The lowest BCUT2D eigenvalue weighted by Gasteiger charge is -2.15. The quantitative estimate of drug-likeness (QED) is 0.407. The molecule has 1 aliphatic rings. The molecular weight excluding hydrogens is 466 g/mol. The molecule has 3 rings (SSSR count). The van der Waals surface area contributed by atoms with E-state index in [4.69, 9.17) is 4.74 Å². The predicted molar refractivity (Wildman–Crippen MR) is 136 cm³/mol. The van der Waals surface area contributed by atoms with Crippen molar-refractivity contribution in [3.63, 3.8) is 0 Å². The Morgan fingerprint density at radius 1 is 0.971 bits per heavy atom. The minimum absolute atomic E-state index is 0.0457. The number of hydrogen-bond donors (Lipinski definition) is 2. The molecule has 186 valence electrons. The summed E-state index contributed by atoms with van der Waals surface area (Å²) in [6.45, 7) is 6.60. The highest BCUT2D eigenvalue weighted by molar-refractivity contribution is 8.00. The van der Waals surface area contributed by atoms with Gasteiger partial charge >= 0.3 is 5.97 Å². The summed E-state index contributed by atoms with van der Waals surface area (Å²) in [7, 11) is 0. The number of carbonyl (C=O) groups is 4. The maximum Gasteiger partial charge on any atom is 0.339 e. The van der Waals surface area contributed by atoms with Crippen molar-refractivity contribution >= 4 is 41.1 Å². The van der Waals surface area contributed by atoms with Crippen LogP contribution in [-0.2, 0) is 19.1 Å². The third-order valence-corrected chi connectivity index (χ3v) is 6.70. The van der Waals surface area contributed by atoms with Crippen LogP contribution in [0.1, 0.15) is 39.9 Å². The van der Waals surface area contributed by atoms with Gasteiger partial charge in [-0.1, -0.05) is 29.8 Å². The fourth-order valence-electron chi connectivity index (χ4n) is 3.96. The van der Waals surface area contributed by atoms with Gasteiger partial charge in [-0.05, 0) is 56.9 Å². The third-order valence-electron chi connectivity index (χ3n) is 5.64. The Labute approximate surface area is 209 Å². The molecule has 0 atom stereocenters. The fraction of sp³-hybridized carbons (Fsp3) is 0.385. The number of hydrogen-bond acceptors (Lipinski definition) is 6. The molecule has 3 amide bonds. The minimum Gasteiger partial charge on any atom is -0.452 e.